The van der Waals surface area contributed by atoms with Gasteiger partial charge in [0, 0.05) is 18.3 Å². The second-order valence-electron chi connectivity index (χ2n) is 5.27. The third kappa shape index (κ3) is 3.54. The molecule has 0 aliphatic rings. The van der Waals surface area contributed by atoms with Crippen molar-refractivity contribution in [2.45, 2.75) is 46.5 Å². The summed E-state index contributed by atoms with van der Waals surface area (Å²) in [5.41, 5.74) is -0.00585. The zero-order chi connectivity index (χ0) is 17.4. The van der Waals surface area contributed by atoms with E-state index in [0.29, 0.717) is 12.4 Å². The number of aromatic nitrogens is 4. The number of amides is 1. The number of hydrogen-bond donors (Lipinski definition) is 1. The van der Waals surface area contributed by atoms with Crippen molar-refractivity contribution in [2.75, 3.05) is 5.32 Å². The second kappa shape index (κ2) is 6.05. The highest BCUT2D eigenvalue weighted by Crippen LogP contribution is 2.29. The van der Waals surface area contributed by atoms with Crippen LogP contribution in [0.2, 0.25) is 0 Å². The van der Waals surface area contributed by atoms with Crippen LogP contribution in [0.4, 0.5) is 19.0 Å². The summed E-state index contributed by atoms with van der Waals surface area (Å²) in [5, 5.41) is 10.4. The highest BCUT2D eigenvalue weighted by atomic mass is 19.4. The average Bonchev–Trinajstić information content (AvgIpc) is 3.00. The zero-order valence-electron chi connectivity index (χ0n) is 13.3. The van der Waals surface area contributed by atoms with Crippen LogP contribution in [0.5, 0.6) is 0 Å². The highest BCUT2D eigenvalue weighted by molar-refractivity contribution is 5.92. The Balaban J connectivity index is 2.21. The van der Waals surface area contributed by atoms with Gasteiger partial charge in [0.25, 0.3) is 0 Å². The minimum absolute atomic E-state index is 0.264. The van der Waals surface area contributed by atoms with Crippen LogP contribution >= 0.6 is 0 Å². The summed E-state index contributed by atoms with van der Waals surface area (Å²) < 4.78 is 40.8. The molecule has 0 saturated heterocycles. The molecule has 126 valence electrons. The maximum Gasteiger partial charge on any atom is 0.435 e. The lowest BCUT2D eigenvalue weighted by atomic mass is 10.3. The first-order valence-electron chi connectivity index (χ1n) is 7.12. The van der Waals surface area contributed by atoms with E-state index in [1.165, 1.54) is 13.8 Å². The zero-order valence-corrected chi connectivity index (χ0v) is 13.3. The standard InChI is InChI=1S/C14H18F3N5O/c1-5-21-12(6-8(2)19-21)18-13(23)10(4)22-9(3)7-11(20-22)14(15,16)17/h6-7,10H,5H2,1-4H3,(H,18,23). The van der Waals surface area contributed by atoms with Crippen molar-refractivity contribution in [2.24, 2.45) is 0 Å². The molecular formula is C14H18F3N5O. The van der Waals surface area contributed by atoms with E-state index in [9.17, 15) is 18.0 Å². The summed E-state index contributed by atoms with van der Waals surface area (Å²) in [4.78, 5) is 12.3. The number of aryl methyl sites for hydroxylation is 3. The number of halogens is 3. The summed E-state index contributed by atoms with van der Waals surface area (Å²) in [5.74, 6) is 0.0437. The second-order valence-corrected chi connectivity index (χ2v) is 5.27. The first-order valence-corrected chi connectivity index (χ1v) is 7.12. The van der Waals surface area contributed by atoms with Crippen molar-refractivity contribution in [1.29, 1.82) is 0 Å². The van der Waals surface area contributed by atoms with E-state index in [4.69, 9.17) is 0 Å². The first-order chi connectivity index (χ1) is 10.6. The van der Waals surface area contributed by atoms with E-state index in [2.05, 4.69) is 15.5 Å². The third-order valence-corrected chi connectivity index (χ3v) is 3.41. The van der Waals surface area contributed by atoms with E-state index in [1.807, 2.05) is 6.92 Å². The summed E-state index contributed by atoms with van der Waals surface area (Å²) in [6.07, 6.45) is -4.54. The number of rotatable bonds is 4. The molecule has 0 spiro atoms. The molecule has 0 fully saturated rings. The monoisotopic (exact) mass is 329 g/mol. The Morgan fingerprint density at radius 2 is 1.96 bits per heavy atom. The van der Waals surface area contributed by atoms with E-state index >= 15 is 0 Å². The van der Waals surface area contributed by atoms with Crippen molar-refractivity contribution < 1.29 is 18.0 Å². The average molecular weight is 329 g/mol. The van der Waals surface area contributed by atoms with Crippen LogP contribution in [0.15, 0.2) is 12.1 Å². The van der Waals surface area contributed by atoms with Crippen LogP contribution in [0.1, 0.15) is 37.0 Å². The number of hydrogen-bond acceptors (Lipinski definition) is 3. The molecule has 2 aromatic heterocycles. The molecule has 6 nitrogen and oxygen atoms in total. The predicted octanol–water partition coefficient (Wildman–Crippen LogP) is 2.93. The lowest BCUT2D eigenvalue weighted by Gasteiger charge is -2.15. The molecule has 0 aliphatic heterocycles. The normalized spacial score (nSPS) is 13.2. The number of nitrogens with zero attached hydrogens (tertiary/aromatic N) is 4. The molecule has 0 aromatic carbocycles. The van der Waals surface area contributed by atoms with Gasteiger partial charge < -0.3 is 5.32 Å². The first kappa shape index (κ1) is 17.0. The van der Waals surface area contributed by atoms with Gasteiger partial charge >= 0.3 is 6.18 Å². The fourth-order valence-corrected chi connectivity index (χ4v) is 2.25. The largest absolute Gasteiger partial charge is 0.435 e. The number of anilines is 1. The van der Waals surface area contributed by atoms with E-state index in [1.54, 1.807) is 17.7 Å². The van der Waals surface area contributed by atoms with Gasteiger partial charge in [-0.3, -0.25) is 9.48 Å². The maximum atomic E-state index is 12.7. The minimum Gasteiger partial charge on any atom is -0.309 e. The molecule has 1 N–H and O–H groups in total. The Morgan fingerprint density at radius 3 is 2.48 bits per heavy atom. The van der Waals surface area contributed by atoms with Crippen LogP contribution < -0.4 is 5.32 Å². The van der Waals surface area contributed by atoms with Crippen molar-refractivity contribution in [3.05, 3.63) is 29.2 Å². The molecule has 9 heteroatoms. The van der Waals surface area contributed by atoms with E-state index < -0.39 is 23.8 Å². The van der Waals surface area contributed by atoms with Crippen LogP contribution in [0.25, 0.3) is 0 Å². The van der Waals surface area contributed by atoms with Gasteiger partial charge in [-0.1, -0.05) is 0 Å². The molecule has 1 atom stereocenters. The number of alkyl halides is 3. The fraction of sp³-hybridized carbons (Fsp3) is 0.500. The van der Waals surface area contributed by atoms with Crippen molar-refractivity contribution in [3.8, 4) is 0 Å². The van der Waals surface area contributed by atoms with Crippen molar-refractivity contribution >= 4 is 11.7 Å². The number of nitrogens with one attached hydrogen (secondary N) is 1. The Bertz CT molecular complexity index is 717. The van der Waals surface area contributed by atoms with Gasteiger partial charge in [-0.05, 0) is 33.8 Å². The molecular weight excluding hydrogens is 311 g/mol. The summed E-state index contributed by atoms with van der Waals surface area (Å²) >= 11 is 0. The predicted molar refractivity (Wildman–Crippen MR) is 77.9 cm³/mol. The van der Waals surface area contributed by atoms with Gasteiger partial charge in [0.2, 0.25) is 5.91 Å². The lowest BCUT2D eigenvalue weighted by molar-refractivity contribution is -0.141. The van der Waals surface area contributed by atoms with Crippen LogP contribution in [-0.2, 0) is 17.5 Å². The molecule has 2 heterocycles. The molecule has 0 bridgehead atoms. The van der Waals surface area contributed by atoms with Gasteiger partial charge in [0.05, 0.1) is 5.69 Å². The number of carbonyl (C=O) groups is 1. The third-order valence-electron chi connectivity index (χ3n) is 3.41. The molecule has 0 radical (unpaired) electrons. The lowest BCUT2D eigenvalue weighted by Crippen LogP contribution is -2.26. The Morgan fingerprint density at radius 1 is 1.30 bits per heavy atom. The van der Waals surface area contributed by atoms with Gasteiger partial charge in [-0.2, -0.15) is 23.4 Å². The van der Waals surface area contributed by atoms with Crippen LogP contribution in [-0.4, -0.2) is 25.5 Å². The molecule has 0 saturated carbocycles. The highest BCUT2D eigenvalue weighted by Gasteiger charge is 2.35. The SMILES string of the molecule is CCn1nc(C)cc1NC(=O)C(C)n1nc(C(F)(F)F)cc1C. The Kier molecular flexibility index (Phi) is 4.49. The van der Waals surface area contributed by atoms with Gasteiger partial charge in [-0.25, -0.2) is 4.68 Å². The van der Waals surface area contributed by atoms with Crippen LogP contribution in [0.3, 0.4) is 0 Å². The topological polar surface area (TPSA) is 64.7 Å². The summed E-state index contributed by atoms with van der Waals surface area (Å²) in [7, 11) is 0. The van der Waals surface area contributed by atoms with E-state index in [0.717, 1.165) is 16.4 Å². The molecule has 0 aliphatic carbocycles. The quantitative estimate of drug-likeness (QED) is 0.938. The number of carbonyl (C=O) groups excluding carboxylic acids is 1. The van der Waals surface area contributed by atoms with Crippen LogP contribution in [0, 0.1) is 13.8 Å². The van der Waals surface area contributed by atoms with E-state index in [-0.39, 0.29) is 5.69 Å². The molecule has 1 amide bonds. The van der Waals surface area contributed by atoms with Gasteiger partial charge in [0.1, 0.15) is 11.9 Å². The van der Waals surface area contributed by atoms with Gasteiger partial charge in [-0.15, -0.1) is 0 Å². The maximum absolute atomic E-state index is 12.7. The molecule has 2 aromatic rings. The fourth-order valence-electron chi connectivity index (χ4n) is 2.25. The van der Waals surface area contributed by atoms with Gasteiger partial charge in [0.15, 0.2) is 5.69 Å². The Labute approximate surface area is 131 Å². The smallest absolute Gasteiger partial charge is 0.309 e. The molecule has 1 unspecified atom stereocenters. The summed E-state index contributed by atoms with van der Waals surface area (Å²) in [6, 6.07) is 1.74. The van der Waals surface area contributed by atoms with Crippen molar-refractivity contribution in [1.82, 2.24) is 19.6 Å². The minimum atomic E-state index is -4.54. The molecule has 2 rings (SSSR count). The van der Waals surface area contributed by atoms with Crippen molar-refractivity contribution in [3.63, 3.8) is 0 Å². The Hall–Kier alpha value is -2.32. The molecule has 23 heavy (non-hydrogen) atoms. The summed E-state index contributed by atoms with van der Waals surface area (Å²) in [6.45, 7) is 7.20.